The molecule has 4 rings (SSSR count). The van der Waals surface area contributed by atoms with E-state index in [1.54, 1.807) is 43.3 Å². The molecule has 0 aromatic heterocycles. The van der Waals surface area contributed by atoms with Crippen LogP contribution in [0, 0.1) is 5.92 Å². The van der Waals surface area contributed by atoms with Gasteiger partial charge in [-0.3, -0.25) is 0 Å². The zero-order valence-corrected chi connectivity index (χ0v) is 20.0. The van der Waals surface area contributed by atoms with Gasteiger partial charge in [-0.2, -0.15) is 4.31 Å². The second-order valence-electron chi connectivity index (χ2n) is 8.36. The molecular weight excluding hydrogens is 458 g/mol. The summed E-state index contributed by atoms with van der Waals surface area (Å²) >= 11 is 0. The van der Waals surface area contributed by atoms with Gasteiger partial charge in [0.05, 0.1) is 18.6 Å². The van der Waals surface area contributed by atoms with Crippen molar-refractivity contribution >= 4 is 27.7 Å². The predicted molar refractivity (Wildman–Crippen MR) is 126 cm³/mol. The molecule has 1 N–H and O–H groups in total. The minimum atomic E-state index is -3.79. The zero-order valence-electron chi connectivity index (χ0n) is 19.2. The van der Waals surface area contributed by atoms with Gasteiger partial charge in [0.1, 0.15) is 11.8 Å². The lowest BCUT2D eigenvalue weighted by Crippen LogP contribution is -2.59. The molecule has 0 saturated carbocycles. The molecule has 2 aliphatic rings. The van der Waals surface area contributed by atoms with Crippen LogP contribution in [0.4, 0.5) is 10.5 Å². The van der Waals surface area contributed by atoms with Gasteiger partial charge < -0.3 is 19.7 Å². The average Bonchev–Trinajstić information content (AvgIpc) is 3.28. The first kappa shape index (κ1) is 24.0. The van der Waals surface area contributed by atoms with E-state index in [0.717, 1.165) is 0 Å². The van der Waals surface area contributed by atoms with Crippen molar-refractivity contribution in [2.24, 2.45) is 5.92 Å². The van der Waals surface area contributed by atoms with Crippen molar-refractivity contribution in [3.8, 4) is 5.75 Å². The van der Waals surface area contributed by atoms with Crippen LogP contribution in [0.15, 0.2) is 59.5 Å². The molecule has 0 spiro atoms. The molecule has 0 radical (unpaired) electrons. The van der Waals surface area contributed by atoms with E-state index >= 15 is 0 Å². The number of methoxy groups -OCH3 is 1. The van der Waals surface area contributed by atoms with Gasteiger partial charge in [-0.25, -0.2) is 18.0 Å². The smallest absolute Gasteiger partial charge is 0.328 e. The molecule has 10 heteroatoms. The van der Waals surface area contributed by atoms with Crippen molar-refractivity contribution in [1.82, 2.24) is 9.21 Å². The summed E-state index contributed by atoms with van der Waals surface area (Å²) in [6, 6.07) is 13.5. The third-order valence-corrected chi connectivity index (χ3v) is 8.37. The fourth-order valence-corrected chi connectivity index (χ4v) is 6.42. The number of sulfonamides is 1. The lowest BCUT2D eigenvalue weighted by Gasteiger charge is -2.42. The Bertz CT molecular complexity index is 1120. The number of nitrogens with zero attached hydrogens (tertiary/aromatic N) is 2. The number of rotatable bonds is 6. The van der Waals surface area contributed by atoms with E-state index in [4.69, 9.17) is 9.47 Å². The standard InChI is InChI=1S/C24H29N3O6S/c1-3-33-23(28)21-15-17-13-14-27(34(30,31)20-11-9-19(32-2)10-12-20)22(17)16-26(21)24(29)25-18-7-5-4-6-8-18/h4-12,17,21-22H,3,13-16H2,1-2H3,(H,25,29)/t17-,21?,22-/m0/s1. The highest BCUT2D eigenvalue weighted by atomic mass is 32.2. The minimum absolute atomic E-state index is 0.0526. The molecule has 34 heavy (non-hydrogen) atoms. The second kappa shape index (κ2) is 10.0. The largest absolute Gasteiger partial charge is 0.497 e. The first-order valence-electron chi connectivity index (χ1n) is 11.3. The molecule has 0 aliphatic carbocycles. The number of piperidine rings is 1. The van der Waals surface area contributed by atoms with Gasteiger partial charge in [0.25, 0.3) is 0 Å². The fraction of sp³-hybridized carbons (Fsp3) is 0.417. The normalized spacial score (nSPS) is 22.6. The number of carbonyl (C=O) groups is 2. The molecule has 2 aliphatic heterocycles. The van der Waals surface area contributed by atoms with E-state index < -0.39 is 34.1 Å². The minimum Gasteiger partial charge on any atom is -0.497 e. The molecule has 2 aromatic rings. The summed E-state index contributed by atoms with van der Waals surface area (Å²) in [4.78, 5) is 27.5. The second-order valence-corrected chi connectivity index (χ2v) is 10.3. The van der Waals surface area contributed by atoms with E-state index in [9.17, 15) is 18.0 Å². The van der Waals surface area contributed by atoms with Crippen LogP contribution in [0.2, 0.25) is 0 Å². The number of amides is 2. The number of nitrogens with one attached hydrogen (secondary N) is 1. The molecule has 2 aromatic carbocycles. The van der Waals surface area contributed by atoms with Crippen LogP contribution in [0.3, 0.4) is 0 Å². The van der Waals surface area contributed by atoms with Crippen LogP contribution < -0.4 is 10.1 Å². The van der Waals surface area contributed by atoms with Crippen LogP contribution in [-0.2, 0) is 19.6 Å². The number of esters is 1. The molecule has 3 atom stereocenters. The summed E-state index contributed by atoms with van der Waals surface area (Å²) in [6.07, 6.45) is 0.963. The number of urea groups is 1. The Kier molecular flexibility index (Phi) is 7.08. The summed E-state index contributed by atoms with van der Waals surface area (Å²) in [7, 11) is -2.27. The lowest BCUT2D eigenvalue weighted by atomic mass is 9.87. The van der Waals surface area contributed by atoms with Gasteiger partial charge in [-0.15, -0.1) is 0 Å². The summed E-state index contributed by atoms with van der Waals surface area (Å²) in [5.41, 5.74) is 0.589. The molecular formula is C24H29N3O6S. The van der Waals surface area contributed by atoms with Crippen LogP contribution in [0.5, 0.6) is 5.75 Å². The van der Waals surface area contributed by atoms with Gasteiger partial charge in [-0.05, 0) is 62.1 Å². The Hall–Kier alpha value is -3.11. The van der Waals surface area contributed by atoms with Gasteiger partial charge in [0.2, 0.25) is 10.0 Å². The molecule has 2 fully saturated rings. The van der Waals surface area contributed by atoms with Gasteiger partial charge in [-0.1, -0.05) is 18.2 Å². The van der Waals surface area contributed by atoms with E-state index in [0.29, 0.717) is 30.8 Å². The highest BCUT2D eigenvalue weighted by Gasteiger charge is 2.50. The number of ether oxygens (including phenoxy) is 2. The highest BCUT2D eigenvalue weighted by Crippen LogP contribution is 2.38. The molecule has 9 nitrogen and oxygen atoms in total. The first-order chi connectivity index (χ1) is 16.3. The SMILES string of the molecule is CCOC(=O)C1C[C@@H]2CCN(S(=O)(=O)c3ccc(OC)cc3)[C@H]2CN1C(=O)Nc1ccccc1. The van der Waals surface area contributed by atoms with Crippen molar-refractivity contribution in [3.05, 3.63) is 54.6 Å². The van der Waals surface area contributed by atoms with E-state index in [2.05, 4.69) is 5.32 Å². The van der Waals surface area contributed by atoms with Crippen LogP contribution in [-0.4, -0.2) is 68.5 Å². The number of para-hydroxylation sites is 1. The van der Waals surface area contributed by atoms with Gasteiger partial charge in [0.15, 0.2) is 0 Å². The summed E-state index contributed by atoms with van der Waals surface area (Å²) < 4.78 is 38.7. The summed E-state index contributed by atoms with van der Waals surface area (Å²) in [5.74, 6) is 0.0424. The lowest BCUT2D eigenvalue weighted by molar-refractivity contribution is -0.150. The highest BCUT2D eigenvalue weighted by molar-refractivity contribution is 7.89. The van der Waals surface area contributed by atoms with Crippen LogP contribution >= 0.6 is 0 Å². The Labute approximate surface area is 199 Å². The van der Waals surface area contributed by atoms with E-state index in [-0.39, 0.29) is 24.0 Å². The number of likely N-dealkylation sites (tertiary alicyclic amines) is 1. The fourth-order valence-electron chi connectivity index (χ4n) is 4.73. The average molecular weight is 488 g/mol. The van der Waals surface area contributed by atoms with Crippen LogP contribution in [0.25, 0.3) is 0 Å². The third kappa shape index (κ3) is 4.74. The predicted octanol–water partition coefficient (Wildman–Crippen LogP) is 2.94. The maximum absolute atomic E-state index is 13.4. The quantitative estimate of drug-likeness (QED) is 0.628. The maximum atomic E-state index is 13.4. The molecule has 0 bridgehead atoms. The number of hydrogen-bond donors (Lipinski definition) is 1. The Morgan fingerprint density at radius 2 is 1.79 bits per heavy atom. The van der Waals surface area contributed by atoms with Crippen molar-refractivity contribution < 1.29 is 27.5 Å². The first-order valence-corrected chi connectivity index (χ1v) is 12.7. The molecule has 1 unspecified atom stereocenters. The number of benzene rings is 2. The Morgan fingerprint density at radius 3 is 2.44 bits per heavy atom. The maximum Gasteiger partial charge on any atom is 0.328 e. The van der Waals surface area contributed by atoms with Crippen LogP contribution in [0.1, 0.15) is 19.8 Å². The molecule has 2 heterocycles. The molecule has 2 amide bonds. The Morgan fingerprint density at radius 1 is 1.09 bits per heavy atom. The monoisotopic (exact) mass is 487 g/mol. The topological polar surface area (TPSA) is 105 Å². The van der Waals surface area contributed by atoms with Gasteiger partial charge >= 0.3 is 12.0 Å². The molecule has 2 saturated heterocycles. The number of hydrogen-bond acceptors (Lipinski definition) is 6. The number of carbonyl (C=O) groups excluding carboxylic acids is 2. The van der Waals surface area contributed by atoms with E-state index in [1.807, 2.05) is 6.07 Å². The number of anilines is 1. The van der Waals surface area contributed by atoms with Crippen molar-refractivity contribution in [2.45, 2.75) is 36.7 Å². The van der Waals surface area contributed by atoms with Crippen molar-refractivity contribution in [1.29, 1.82) is 0 Å². The van der Waals surface area contributed by atoms with Crippen molar-refractivity contribution in [2.75, 3.05) is 32.1 Å². The van der Waals surface area contributed by atoms with Crippen molar-refractivity contribution in [3.63, 3.8) is 0 Å². The van der Waals surface area contributed by atoms with E-state index in [1.165, 1.54) is 28.4 Å². The third-order valence-electron chi connectivity index (χ3n) is 6.43. The summed E-state index contributed by atoms with van der Waals surface area (Å²) in [5, 5.41) is 2.81. The molecule has 182 valence electrons. The Balaban J connectivity index is 1.59. The summed E-state index contributed by atoms with van der Waals surface area (Å²) in [6.45, 7) is 2.35. The number of fused-ring (bicyclic) bond motifs is 1. The van der Waals surface area contributed by atoms with Gasteiger partial charge in [0, 0.05) is 24.8 Å². The zero-order chi connectivity index (χ0) is 24.3.